The maximum atomic E-state index is 12.6. The molecular weight excluding hydrogens is 352 g/mol. The lowest BCUT2D eigenvalue weighted by molar-refractivity contribution is -0.128. The Morgan fingerprint density at radius 3 is 1.57 bits per heavy atom. The van der Waals surface area contributed by atoms with Crippen LogP contribution in [0.2, 0.25) is 0 Å². The average Bonchev–Trinajstić information content (AvgIpc) is 2.72. The van der Waals surface area contributed by atoms with Crippen molar-refractivity contribution in [2.45, 2.75) is 6.92 Å². The number of hydrogen-bond donors (Lipinski definition) is 2. The van der Waals surface area contributed by atoms with Crippen LogP contribution in [0.15, 0.2) is 59.5 Å². The summed E-state index contributed by atoms with van der Waals surface area (Å²) in [5, 5.41) is 5.44. The Labute approximate surface area is 164 Å². The van der Waals surface area contributed by atoms with Crippen LogP contribution in [-0.2, 0) is 9.59 Å². The smallest absolute Gasteiger partial charge is 0.236 e. The van der Waals surface area contributed by atoms with Gasteiger partial charge in [0.05, 0.1) is 22.7 Å². The Morgan fingerprint density at radius 1 is 0.857 bits per heavy atom. The molecule has 6 nitrogen and oxygen atoms in total. The van der Waals surface area contributed by atoms with Crippen molar-refractivity contribution < 1.29 is 9.59 Å². The number of para-hydroxylation sites is 2. The molecule has 0 aliphatic rings. The number of rotatable bonds is 8. The third kappa shape index (κ3) is 4.29. The summed E-state index contributed by atoms with van der Waals surface area (Å²) in [7, 11) is 0. The van der Waals surface area contributed by atoms with E-state index in [0.29, 0.717) is 22.7 Å². The van der Waals surface area contributed by atoms with Gasteiger partial charge in [-0.3, -0.25) is 19.6 Å². The molecule has 0 aliphatic heterocycles. The molecule has 2 amide bonds. The Hall–Kier alpha value is -3.80. The molecule has 0 aliphatic carbocycles. The van der Waals surface area contributed by atoms with Crippen LogP contribution in [0.4, 0.5) is 22.7 Å². The first-order valence-electron chi connectivity index (χ1n) is 8.52. The molecule has 2 aromatic carbocycles. The minimum Gasteiger partial charge on any atom is -0.324 e. The molecule has 0 saturated carbocycles. The van der Waals surface area contributed by atoms with E-state index in [1.54, 1.807) is 48.6 Å². The number of carbonyl (C=O) groups is 2. The monoisotopic (exact) mass is 374 g/mol. The second kappa shape index (κ2) is 9.23. The fourth-order valence-corrected chi connectivity index (χ4v) is 2.61. The molecule has 0 unspecified atom stereocenters. The summed E-state index contributed by atoms with van der Waals surface area (Å²) in [5.74, 6) is -1.91. The number of carbonyl (C=O) groups excluding carboxylic acids is 2. The van der Waals surface area contributed by atoms with Gasteiger partial charge in [-0.25, -0.2) is 0 Å². The Morgan fingerprint density at radius 2 is 1.25 bits per heavy atom. The molecule has 2 N–H and O–H groups in total. The Balaban J connectivity index is 2.20. The van der Waals surface area contributed by atoms with Crippen LogP contribution in [0, 0.1) is 5.92 Å². The summed E-state index contributed by atoms with van der Waals surface area (Å²) in [6, 6.07) is 10.5. The van der Waals surface area contributed by atoms with Gasteiger partial charge in [0.25, 0.3) is 0 Å². The normalized spacial score (nSPS) is 10.1. The van der Waals surface area contributed by atoms with E-state index in [9.17, 15) is 9.59 Å². The van der Waals surface area contributed by atoms with Crippen LogP contribution >= 0.6 is 0 Å². The molecule has 28 heavy (non-hydrogen) atoms. The second-order valence-electron chi connectivity index (χ2n) is 5.91. The molecule has 0 atom stereocenters. The number of anilines is 2. The standard InChI is InChI=1S/C22H22N4O2/c1-6-15-10-8-12-17(19(15)23-4)25-21(27)14(3)22(28)26-18-13-9-11-16(7-2)20(18)24-5/h6-14H,1-2,4-5H2,3H3,(H,25,27)(H,26,28). The van der Waals surface area contributed by atoms with Crippen molar-refractivity contribution in [3.63, 3.8) is 0 Å². The summed E-state index contributed by atoms with van der Waals surface area (Å²) in [6.07, 6.45) is 3.23. The maximum Gasteiger partial charge on any atom is 0.236 e. The molecule has 0 heterocycles. The van der Waals surface area contributed by atoms with Gasteiger partial charge < -0.3 is 10.6 Å². The quantitative estimate of drug-likeness (QED) is 0.511. The van der Waals surface area contributed by atoms with Crippen molar-refractivity contribution in [1.29, 1.82) is 0 Å². The van der Waals surface area contributed by atoms with E-state index >= 15 is 0 Å². The lowest BCUT2D eigenvalue weighted by Crippen LogP contribution is -2.31. The topological polar surface area (TPSA) is 82.9 Å². The fourth-order valence-electron chi connectivity index (χ4n) is 2.61. The number of hydrogen-bond acceptors (Lipinski definition) is 4. The highest BCUT2D eigenvalue weighted by Crippen LogP contribution is 2.31. The molecule has 2 rings (SSSR count). The number of benzene rings is 2. The number of nitrogens with zero attached hydrogens (tertiary/aromatic N) is 2. The Kier molecular flexibility index (Phi) is 6.76. The first-order valence-corrected chi connectivity index (χ1v) is 8.52. The summed E-state index contributed by atoms with van der Waals surface area (Å²) in [4.78, 5) is 33.0. The zero-order valence-electron chi connectivity index (χ0n) is 15.7. The van der Waals surface area contributed by atoms with E-state index in [2.05, 4.69) is 47.2 Å². The van der Waals surface area contributed by atoms with Gasteiger partial charge in [-0.15, -0.1) is 0 Å². The zero-order chi connectivity index (χ0) is 20.7. The molecular formula is C22H22N4O2. The van der Waals surface area contributed by atoms with Gasteiger partial charge in [-0.1, -0.05) is 49.6 Å². The number of amides is 2. The third-order valence-corrected chi connectivity index (χ3v) is 4.19. The van der Waals surface area contributed by atoms with Crippen molar-refractivity contribution in [2.75, 3.05) is 10.6 Å². The van der Waals surface area contributed by atoms with E-state index < -0.39 is 17.7 Å². The lowest BCUT2D eigenvalue weighted by Gasteiger charge is -2.16. The van der Waals surface area contributed by atoms with Crippen molar-refractivity contribution in [3.05, 3.63) is 60.7 Å². The van der Waals surface area contributed by atoms with Crippen LogP contribution < -0.4 is 10.6 Å². The predicted octanol–water partition coefficient (Wildman–Crippen LogP) is 4.85. The molecule has 0 radical (unpaired) electrons. The van der Waals surface area contributed by atoms with Gasteiger partial charge in [0, 0.05) is 11.1 Å². The Bertz CT molecular complexity index is 886. The summed E-state index contributed by atoms with van der Waals surface area (Å²) in [5.41, 5.74) is 3.37. The summed E-state index contributed by atoms with van der Waals surface area (Å²) < 4.78 is 0. The van der Waals surface area contributed by atoms with Gasteiger partial charge in [0.1, 0.15) is 5.92 Å². The van der Waals surface area contributed by atoms with E-state index in [0.717, 1.165) is 11.1 Å². The first kappa shape index (κ1) is 20.5. The van der Waals surface area contributed by atoms with Crippen molar-refractivity contribution in [2.24, 2.45) is 15.9 Å². The van der Waals surface area contributed by atoms with Gasteiger partial charge in [0.15, 0.2) is 0 Å². The summed E-state index contributed by atoms with van der Waals surface area (Å²) in [6.45, 7) is 16.0. The largest absolute Gasteiger partial charge is 0.324 e. The summed E-state index contributed by atoms with van der Waals surface area (Å²) >= 11 is 0. The van der Waals surface area contributed by atoms with Gasteiger partial charge in [-0.05, 0) is 32.5 Å². The predicted molar refractivity (Wildman–Crippen MR) is 118 cm³/mol. The van der Waals surface area contributed by atoms with E-state index in [4.69, 9.17) is 0 Å². The minimum absolute atomic E-state index is 0.458. The van der Waals surface area contributed by atoms with E-state index in [1.807, 2.05) is 0 Å². The molecule has 0 bridgehead atoms. The van der Waals surface area contributed by atoms with Crippen molar-refractivity contribution >= 4 is 60.2 Å². The minimum atomic E-state index is -0.963. The maximum absolute atomic E-state index is 12.6. The van der Waals surface area contributed by atoms with Crippen LogP contribution in [-0.4, -0.2) is 25.2 Å². The molecule has 2 aromatic rings. The number of aliphatic imine (C=N–C) groups is 2. The highest BCUT2D eigenvalue weighted by atomic mass is 16.2. The van der Waals surface area contributed by atoms with Crippen molar-refractivity contribution in [3.8, 4) is 0 Å². The third-order valence-electron chi connectivity index (χ3n) is 4.19. The second-order valence-corrected chi connectivity index (χ2v) is 5.91. The van der Waals surface area contributed by atoms with Gasteiger partial charge in [0.2, 0.25) is 11.8 Å². The average molecular weight is 374 g/mol. The van der Waals surface area contributed by atoms with E-state index in [-0.39, 0.29) is 0 Å². The fraction of sp³-hybridized carbons (Fsp3) is 0.0909. The molecule has 0 saturated heterocycles. The molecule has 142 valence electrons. The molecule has 6 heteroatoms. The molecule has 0 fully saturated rings. The number of nitrogens with one attached hydrogen (secondary N) is 2. The zero-order valence-corrected chi connectivity index (χ0v) is 15.7. The van der Waals surface area contributed by atoms with Crippen molar-refractivity contribution in [1.82, 2.24) is 0 Å². The van der Waals surface area contributed by atoms with E-state index in [1.165, 1.54) is 6.92 Å². The molecule has 0 aromatic heterocycles. The van der Waals surface area contributed by atoms with Crippen LogP contribution in [0.1, 0.15) is 18.1 Å². The van der Waals surface area contributed by atoms with Gasteiger partial charge in [-0.2, -0.15) is 0 Å². The van der Waals surface area contributed by atoms with Crippen LogP contribution in [0.3, 0.4) is 0 Å². The lowest BCUT2D eigenvalue weighted by atomic mass is 10.1. The SMILES string of the molecule is C=Cc1cccc(NC(=O)C(C)C(=O)Nc2cccc(C=C)c2N=C)c1N=C. The van der Waals surface area contributed by atoms with Crippen LogP contribution in [0.5, 0.6) is 0 Å². The first-order chi connectivity index (χ1) is 13.5. The van der Waals surface area contributed by atoms with Gasteiger partial charge >= 0.3 is 0 Å². The molecule has 0 spiro atoms. The van der Waals surface area contributed by atoms with Crippen LogP contribution in [0.25, 0.3) is 12.2 Å². The highest BCUT2D eigenvalue weighted by molar-refractivity contribution is 6.12. The highest BCUT2D eigenvalue weighted by Gasteiger charge is 2.23.